The number of hydrogen-bond donors (Lipinski definition) is 1. The van der Waals surface area contributed by atoms with Crippen LogP contribution in [0.2, 0.25) is 0 Å². The Bertz CT molecular complexity index is 785. The topological polar surface area (TPSA) is 29.5 Å². The van der Waals surface area contributed by atoms with Crippen molar-refractivity contribution in [3.63, 3.8) is 0 Å². The van der Waals surface area contributed by atoms with Crippen molar-refractivity contribution in [1.82, 2.24) is 0 Å². The summed E-state index contributed by atoms with van der Waals surface area (Å²) in [6.07, 6.45) is 0.144. The number of rotatable bonds is 6. The van der Waals surface area contributed by atoms with Crippen molar-refractivity contribution >= 4 is 10.8 Å². The van der Waals surface area contributed by atoms with E-state index in [1.54, 1.807) is 6.07 Å². The molecule has 3 rings (SSSR count). The third-order valence-corrected chi connectivity index (χ3v) is 3.86. The minimum Gasteiger partial charge on any atom is -0.394 e. The average Bonchev–Trinajstić information content (AvgIpc) is 2.58. The number of halogens is 1. The van der Waals surface area contributed by atoms with Crippen LogP contribution in [0.25, 0.3) is 10.8 Å². The molecule has 3 aromatic carbocycles. The summed E-state index contributed by atoms with van der Waals surface area (Å²) in [5, 5.41) is 11.8. The Balaban J connectivity index is 1.64. The van der Waals surface area contributed by atoms with Gasteiger partial charge in [-0.1, -0.05) is 48.5 Å². The fraction of sp³-hybridized carbons (Fsp3) is 0.200. The third kappa shape index (κ3) is 4.15. The molecule has 1 atom stereocenters. The van der Waals surface area contributed by atoms with Gasteiger partial charge < -0.3 is 9.84 Å². The fourth-order valence-corrected chi connectivity index (χ4v) is 2.65. The Morgan fingerprint density at radius 2 is 1.70 bits per heavy atom. The number of benzene rings is 3. The summed E-state index contributed by atoms with van der Waals surface area (Å²) in [6, 6.07) is 20.7. The smallest absolute Gasteiger partial charge is 0.123 e. The number of fused-ring (bicyclic) bond motifs is 1. The standard InChI is InChI=1S/C20H19FO2/c21-19-7-3-4-15(11-19)12-20(13-22)23-14-16-8-9-17-5-1-2-6-18(17)10-16/h1-11,20,22H,12-14H2/t20-/m1/s1. The summed E-state index contributed by atoms with van der Waals surface area (Å²) >= 11 is 0. The molecule has 23 heavy (non-hydrogen) atoms. The Kier molecular flexibility index (Phi) is 5.01. The molecular weight excluding hydrogens is 291 g/mol. The van der Waals surface area contributed by atoms with Gasteiger partial charge in [-0.05, 0) is 40.1 Å². The van der Waals surface area contributed by atoms with Gasteiger partial charge >= 0.3 is 0 Å². The SMILES string of the molecule is OC[C@@H](Cc1cccc(F)c1)OCc1ccc2ccccc2c1. The lowest BCUT2D eigenvalue weighted by Gasteiger charge is -2.16. The molecule has 0 spiro atoms. The Hall–Kier alpha value is -2.23. The van der Waals surface area contributed by atoms with E-state index in [1.165, 1.54) is 22.9 Å². The zero-order chi connectivity index (χ0) is 16.1. The van der Waals surface area contributed by atoms with Gasteiger partial charge in [0.25, 0.3) is 0 Å². The van der Waals surface area contributed by atoms with Crippen LogP contribution >= 0.6 is 0 Å². The Morgan fingerprint density at radius 1 is 0.870 bits per heavy atom. The Labute approximate surface area is 135 Å². The van der Waals surface area contributed by atoms with Gasteiger partial charge in [0, 0.05) is 6.42 Å². The lowest BCUT2D eigenvalue weighted by Crippen LogP contribution is -2.20. The van der Waals surface area contributed by atoms with Gasteiger partial charge in [0.2, 0.25) is 0 Å². The van der Waals surface area contributed by atoms with Crippen molar-refractivity contribution in [3.05, 3.63) is 83.7 Å². The maximum absolute atomic E-state index is 13.2. The van der Waals surface area contributed by atoms with E-state index in [-0.39, 0.29) is 18.5 Å². The monoisotopic (exact) mass is 310 g/mol. The second-order valence-electron chi connectivity index (χ2n) is 5.63. The number of ether oxygens (including phenoxy) is 1. The van der Waals surface area contributed by atoms with Gasteiger partial charge in [0.1, 0.15) is 5.82 Å². The van der Waals surface area contributed by atoms with Crippen LogP contribution < -0.4 is 0 Å². The van der Waals surface area contributed by atoms with Crippen LogP contribution in [-0.2, 0) is 17.8 Å². The van der Waals surface area contributed by atoms with Gasteiger partial charge in [-0.25, -0.2) is 4.39 Å². The maximum Gasteiger partial charge on any atom is 0.123 e. The number of hydrogen-bond acceptors (Lipinski definition) is 2. The van der Waals surface area contributed by atoms with Crippen molar-refractivity contribution in [2.45, 2.75) is 19.1 Å². The molecule has 118 valence electrons. The molecule has 0 fully saturated rings. The van der Waals surface area contributed by atoms with Gasteiger partial charge in [0.05, 0.1) is 19.3 Å². The van der Waals surface area contributed by atoms with Crippen LogP contribution in [0.5, 0.6) is 0 Å². The van der Waals surface area contributed by atoms with E-state index in [4.69, 9.17) is 4.74 Å². The third-order valence-electron chi connectivity index (χ3n) is 3.86. The molecule has 0 unspecified atom stereocenters. The van der Waals surface area contributed by atoms with E-state index >= 15 is 0 Å². The molecule has 0 heterocycles. The van der Waals surface area contributed by atoms with Crippen LogP contribution in [0.1, 0.15) is 11.1 Å². The van der Waals surface area contributed by atoms with Crippen molar-refractivity contribution < 1.29 is 14.2 Å². The van der Waals surface area contributed by atoms with E-state index in [2.05, 4.69) is 24.3 Å². The fourth-order valence-electron chi connectivity index (χ4n) is 2.65. The van der Waals surface area contributed by atoms with E-state index in [9.17, 15) is 9.50 Å². The van der Waals surface area contributed by atoms with Crippen molar-refractivity contribution in [2.75, 3.05) is 6.61 Å². The second kappa shape index (κ2) is 7.36. The van der Waals surface area contributed by atoms with E-state index in [0.29, 0.717) is 13.0 Å². The van der Waals surface area contributed by atoms with Gasteiger partial charge in [-0.3, -0.25) is 0 Å². The molecular formula is C20H19FO2. The highest BCUT2D eigenvalue weighted by molar-refractivity contribution is 5.82. The molecule has 2 nitrogen and oxygen atoms in total. The van der Waals surface area contributed by atoms with Crippen LogP contribution in [0, 0.1) is 5.82 Å². The summed E-state index contributed by atoms with van der Waals surface area (Å²) in [5.74, 6) is -0.270. The Morgan fingerprint density at radius 3 is 2.48 bits per heavy atom. The first-order valence-corrected chi connectivity index (χ1v) is 7.69. The maximum atomic E-state index is 13.2. The lowest BCUT2D eigenvalue weighted by molar-refractivity contribution is 0.00318. The summed E-state index contributed by atoms with van der Waals surface area (Å²) < 4.78 is 19.0. The van der Waals surface area contributed by atoms with Crippen molar-refractivity contribution in [1.29, 1.82) is 0 Å². The molecule has 0 aliphatic rings. The van der Waals surface area contributed by atoms with Crippen LogP contribution in [0.3, 0.4) is 0 Å². The van der Waals surface area contributed by atoms with Crippen LogP contribution in [0.4, 0.5) is 4.39 Å². The molecule has 0 aliphatic carbocycles. The molecule has 0 bridgehead atoms. The lowest BCUT2D eigenvalue weighted by atomic mass is 10.1. The predicted octanol–water partition coefficient (Wildman–Crippen LogP) is 4.10. The summed E-state index contributed by atoms with van der Waals surface area (Å²) in [4.78, 5) is 0. The highest BCUT2D eigenvalue weighted by atomic mass is 19.1. The molecule has 0 saturated carbocycles. The zero-order valence-electron chi connectivity index (χ0n) is 12.8. The molecule has 3 heteroatoms. The predicted molar refractivity (Wildman–Crippen MR) is 89.7 cm³/mol. The number of aliphatic hydroxyl groups excluding tert-OH is 1. The molecule has 0 saturated heterocycles. The highest BCUT2D eigenvalue weighted by Gasteiger charge is 2.10. The van der Waals surface area contributed by atoms with E-state index < -0.39 is 0 Å². The van der Waals surface area contributed by atoms with Crippen LogP contribution in [-0.4, -0.2) is 17.8 Å². The second-order valence-corrected chi connectivity index (χ2v) is 5.63. The first-order valence-electron chi connectivity index (χ1n) is 7.69. The molecule has 3 aromatic rings. The van der Waals surface area contributed by atoms with Gasteiger partial charge in [0.15, 0.2) is 0 Å². The van der Waals surface area contributed by atoms with Crippen molar-refractivity contribution in [2.24, 2.45) is 0 Å². The first kappa shape index (κ1) is 15.7. The molecule has 0 amide bonds. The molecule has 0 aliphatic heterocycles. The first-order chi connectivity index (χ1) is 11.2. The van der Waals surface area contributed by atoms with E-state index in [1.807, 2.05) is 24.3 Å². The number of aliphatic hydroxyl groups is 1. The van der Waals surface area contributed by atoms with Crippen molar-refractivity contribution in [3.8, 4) is 0 Å². The van der Waals surface area contributed by atoms with Gasteiger partial charge in [-0.15, -0.1) is 0 Å². The largest absolute Gasteiger partial charge is 0.394 e. The minimum absolute atomic E-state index is 0.0932. The average molecular weight is 310 g/mol. The summed E-state index contributed by atoms with van der Waals surface area (Å²) in [6.45, 7) is 0.329. The minimum atomic E-state index is -0.344. The normalized spacial score (nSPS) is 12.4. The van der Waals surface area contributed by atoms with Crippen LogP contribution in [0.15, 0.2) is 66.7 Å². The zero-order valence-corrected chi connectivity index (χ0v) is 12.8. The van der Waals surface area contributed by atoms with Gasteiger partial charge in [-0.2, -0.15) is 0 Å². The molecule has 1 N–H and O–H groups in total. The molecule has 0 radical (unpaired) electrons. The highest BCUT2D eigenvalue weighted by Crippen LogP contribution is 2.17. The molecule has 0 aromatic heterocycles. The summed E-state index contributed by atoms with van der Waals surface area (Å²) in [7, 11) is 0. The quantitative estimate of drug-likeness (QED) is 0.743. The summed E-state index contributed by atoms with van der Waals surface area (Å²) in [5.41, 5.74) is 1.88. The van der Waals surface area contributed by atoms with E-state index in [0.717, 1.165) is 11.1 Å².